The Morgan fingerprint density at radius 3 is 2.61 bits per heavy atom. The van der Waals surface area contributed by atoms with Crippen molar-refractivity contribution in [1.29, 1.82) is 0 Å². The van der Waals surface area contributed by atoms with Crippen molar-refractivity contribution in [3.63, 3.8) is 0 Å². The van der Waals surface area contributed by atoms with Gasteiger partial charge in [-0.25, -0.2) is 13.8 Å². The highest BCUT2D eigenvalue weighted by Crippen LogP contribution is 2.21. The van der Waals surface area contributed by atoms with Gasteiger partial charge in [-0.05, 0) is 43.2 Å². The molecule has 1 aliphatic rings. The Hall–Kier alpha value is -2.71. The van der Waals surface area contributed by atoms with Crippen molar-refractivity contribution in [3.05, 3.63) is 59.7 Å². The van der Waals surface area contributed by atoms with E-state index in [9.17, 15) is 13.2 Å². The van der Waals surface area contributed by atoms with Gasteiger partial charge in [0.15, 0.2) is 0 Å². The van der Waals surface area contributed by atoms with E-state index in [0.29, 0.717) is 24.4 Å². The van der Waals surface area contributed by atoms with Crippen LogP contribution in [0.3, 0.4) is 0 Å². The van der Waals surface area contributed by atoms with Gasteiger partial charge in [-0.2, -0.15) is 9.41 Å². The molecule has 1 heterocycles. The monoisotopic (exact) mass is 401 g/mol. The van der Waals surface area contributed by atoms with E-state index in [1.165, 1.54) is 22.7 Å². The predicted molar refractivity (Wildman–Crippen MR) is 107 cm³/mol. The van der Waals surface area contributed by atoms with E-state index in [1.807, 2.05) is 12.1 Å². The summed E-state index contributed by atoms with van der Waals surface area (Å²) in [5.41, 5.74) is 3.37. The van der Waals surface area contributed by atoms with Gasteiger partial charge in [0.05, 0.1) is 18.2 Å². The predicted octanol–water partition coefficient (Wildman–Crippen LogP) is 2.63. The fourth-order valence-corrected chi connectivity index (χ4v) is 4.61. The lowest BCUT2D eigenvalue weighted by molar-refractivity contribution is 0.0955. The smallest absolute Gasteiger partial charge is 0.271 e. The van der Waals surface area contributed by atoms with Gasteiger partial charge in [0.2, 0.25) is 10.0 Å². The average molecular weight is 401 g/mol. The minimum absolute atomic E-state index is 0.121. The molecule has 1 N–H and O–H groups in total. The first-order valence-electron chi connectivity index (χ1n) is 9.09. The lowest BCUT2D eigenvalue weighted by atomic mass is 10.2. The van der Waals surface area contributed by atoms with Crippen molar-refractivity contribution in [1.82, 2.24) is 9.73 Å². The van der Waals surface area contributed by atoms with Crippen LogP contribution >= 0.6 is 0 Å². The van der Waals surface area contributed by atoms with Crippen molar-refractivity contribution >= 4 is 22.1 Å². The fraction of sp³-hybridized carbons (Fsp3) is 0.300. The third-order valence-electron chi connectivity index (χ3n) is 4.56. The Balaban J connectivity index is 1.72. The quantitative estimate of drug-likeness (QED) is 0.595. The highest BCUT2D eigenvalue weighted by atomic mass is 32.2. The van der Waals surface area contributed by atoms with E-state index in [-0.39, 0.29) is 10.5 Å². The van der Waals surface area contributed by atoms with Gasteiger partial charge in [0.25, 0.3) is 5.91 Å². The molecule has 7 nitrogen and oxygen atoms in total. The van der Waals surface area contributed by atoms with Gasteiger partial charge in [-0.3, -0.25) is 4.79 Å². The molecule has 2 aromatic carbocycles. The number of methoxy groups -OCH3 is 1. The van der Waals surface area contributed by atoms with Crippen molar-refractivity contribution < 1.29 is 17.9 Å². The number of nitrogens with one attached hydrogen (secondary N) is 1. The first kappa shape index (κ1) is 20.0. The lowest BCUT2D eigenvalue weighted by Crippen LogP contribution is -2.35. The number of hydrogen-bond acceptors (Lipinski definition) is 5. The maximum Gasteiger partial charge on any atom is 0.271 e. The molecule has 3 rings (SSSR count). The summed E-state index contributed by atoms with van der Waals surface area (Å²) in [7, 11) is -2.04. The zero-order chi connectivity index (χ0) is 20.0. The Morgan fingerprint density at radius 1 is 1.11 bits per heavy atom. The van der Waals surface area contributed by atoms with E-state index in [1.54, 1.807) is 31.4 Å². The van der Waals surface area contributed by atoms with Crippen molar-refractivity contribution in [2.24, 2.45) is 5.10 Å². The van der Waals surface area contributed by atoms with E-state index in [0.717, 1.165) is 19.3 Å². The number of nitrogens with zero attached hydrogens (tertiary/aromatic N) is 2. The molecular weight excluding hydrogens is 378 g/mol. The molecule has 148 valence electrons. The molecule has 1 amide bonds. The summed E-state index contributed by atoms with van der Waals surface area (Å²) in [6, 6.07) is 13.3. The molecule has 8 heteroatoms. The average Bonchev–Trinajstić information content (AvgIpc) is 2.74. The van der Waals surface area contributed by atoms with Crippen LogP contribution in [0.25, 0.3) is 0 Å². The second-order valence-electron chi connectivity index (χ2n) is 6.43. The number of piperidine rings is 1. The van der Waals surface area contributed by atoms with E-state index < -0.39 is 15.9 Å². The number of benzene rings is 2. The number of sulfonamides is 1. The molecule has 0 unspecified atom stereocenters. The number of para-hydroxylation sites is 1. The molecule has 1 saturated heterocycles. The zero-order valence-electron chi connectivity index (χ0n) is 15.7. The summed E-state index contributed by atoms with van der Waals surface area (Å²) < 4.78 is 32.3. The Morgan fingerprint density at radius 2 is 1.86 bits per heavy atom. The van der Waals surface area contributed by atoms with Gasteiger partial charge < -0.3 is 4.74 Å². The van der Waals surface area contributed by atoms with Crippen LogP contribution in [0.4, 0.5) is 0 Å². The SMILES string of the molecule is COc1ccccc1/C=N\NC(=O)c1cccc(S(=O)(=O)N2CCCCC2)c1. The summed E-state index contributed by atoms with van der Waals surface area (Å²) in [6.07, 6.45) is 4.23. The van der Waals surface area contributed by atoms with Crippen molar-refractivity contribution in [2.75, 3.05) is 20.2 Å². The maximum absolute atomic E-state index is 12.8. The van der Waals surface area contributed by atoms with Gasteiger partial charge in [0.1, 0.15) is 5.75 Å². The molecule has 0 bridgehead atoms. The third kappa shape index (κ3) is 4.58. The van der Waals surface area contributed by atoms with E-state index in [2.05, 4.69) is 10.5 Å². The van der Waals surface area contributed by atoms with Gasteiger partial charge >= 0.3 is 0 Å². The molecule has 2 aromatic rings. The third-order valence-corrected chi connectivity index (χ3v) is 6.45. The zero-order valence-corrected chi connectivity index (χ0v) is 16.5. The summed E-state index contributed by atoms with van der Waals surface area (Å²) in [5, 5.41) is 3.94. The Labute approximate surface area is 165 Å². The van der Waals surface area contributed by atoms with Crippen LogP contribution in [-0.2, 0) is 10.0 Å². The highest BCUT2D eigenvalue weighted by Gasteiger charge is 2.26. The number of carbonyl (C=O) groups is 1. The van der Waals surface area contributed by atoms with Crippen LogP contribution in [0.2, 0.25) is 0 Å². The van der Waals surface area contributed by atoms with Gasteiger partial charge in [-0.15, -0.1) is 0 Å². The minimum atomic E-state index is -3.59. The molecule has 0 atom stereocenters. The number of carbonyl (C=O) groups excluding carboxylic acids is 1. The second-order valence-corrected chi connectivity index (χ2v) is 8.37. The number of hydrazone groups is 1. The molecule has 0 saturated carbocycles. The largest absolute Gasteiger partial charge is 0.496 e. The van der Waals surface area contributed by atoms with E-state index in [4.69, 9.17) is 4.74 Å². The number of rotatable bonds is 6. The van der Waals surface area contributed by atoms with Crippen LogP contribution in [-0.4, -0.2) is 45.0 Å². The molecule has 1 aliphatic heterocycles. The molecule has 0 spiro atoms. The lowest BCUT2D eigenvalue weighted by Gasteiger charge is -2.25. The molecular formula is C20H23N3O4S. The number of ether oxygens (including phenoxy) is 1. The Bertz CT molecular complexity index is 967. The van der Waals surface area contributed by atoms with Gasteiger partial charge in [0, 0.05) is 24.2 Å². The number of hydrogen-bond donors (Lipinski definition) is 1. The molecule has 0 aromatic heterocycles. The van der Waals surface area contributed by atoms with E-state index >= 15 is 0 Å². The van der Waals surface area contributed by atoms with Crippen LogP contribution in [0.15, 0.2) is 58.5 Å². The second kappa shape index (κ2) is 8.99. The molecule has 0 radical (unpaired) electrons. The maximum atomic E-state index is 12.8. The molecule has 0 aliphatic carbocycles. The van der Waals surface area contributed by atoms with Crippen molar-refractivity contribution in [2.45, 2.75) is 24.2 Å². The first-order valence-corrected chi connectivity index (χ1v) is 10.5. The summed E-state index contributed by atoms with van der Waals surface area (Å²) in [5.74, 6) is 0.150. The van der Waals surface area contributed by atoms with Crippen LogP contribution in [0, 0.1) is 0 Å². The first-order chi connectivity index (χ1) is 13.5. The fourth-order valence-electron chi connectivity index (χ4n) is 3.05. The Kier molecular flexibility index (Phi) is 6.43. The minimum Gasteiger partial charge on any atom is -0.496 e. The standard InChI is InChI=1S/C20H23N3O4S/c1-27-19-11-4-3-8-17(19)15-21-22-20(24)16-9-7-10-18(14-16)28(25,26)23-12-5-2-6-13-23/h3-4,7-11,14-15H,2,5-6,12-13H2,1H3,(H,22,24)/b21-15-. The summed E-state index contributed by atoms with van der Waals surface area (Å²) in [4.78, 5) is 12.5. The highest BCUT2D eigenvalue weighted by molar-refractivity contribution is 7.89. The topological polar surface area (TPSA) is 88.1 Å². The summed E-state index contributed by atoms with van der Waals surface area (Å²) >= 11 is 0. The van der Waals surface area contributed by atoms with Crippen molar-refractivity contribution in [3.8, 4) is 5.75 Å². The molecule has 1 fully saturated rings. The van der Waals surface area contributed by atoms with Crippen LogP contribution in [0.1, 0.15) is 35.2 Å². The van der Waals surface area contributed by atoms with Crippen LogP contribution in [0.5, 0.6) is 5.75 Å². The normalized spacial score (nSPS) is 15.5. The van der Waals surface area contributed by atoms with Gasteiger partial charge in [-0.1, -0.05) is 24.6 Å². The number of amides is 1. The van der Waals surface area contributed by atoms with Crippen LogP contribution < -0.4 is 10.2 Å². The molecule has 28 heavy (non-hydrogen) atoms. The summed E-state index contributed by atoms with van der Waals surface area (Å²) in [6.45, 7) is 1.03.